The predicted molar refractivity (Wildman–Crippen MR) is 102 cm³/mol. The summed E-state index contributed by atoms with van der Waals surface area (Å²) in [6.45, 7) is 7.57. The maximum absolute atomic E-state index is 12.3. The number of para-hydroxylation sites is 1. The van der Waals surface area contributed by atoms with Crippen LogP contribution >= 0.6 is 0 Å². The highest BCUT2D eigenvalue weighted by molar-refractivity contribution is 6.00. The summed E-state index contributed by atoms with van der Waals surface area (Å²) in [6, 6.07) is 7.77. The Kier molecular flexibility index (Phi) is 6.43. The van der Waals surface area contributed by atoms with E-state index in [0.29, 0.717) is 12.1 Å². The minimum absolute atomic E-state index is 0.118. The van der Waals surface area contributed by atoms with Crippen LogP contribution in [0, 0.1) is 24.0 Å². The molecule has 27 heavy (non-hydrogen) atoms. The van der Waals surface area contributed by atoms with Gasteiger partial charge in [-0.3, -0.25) is 14.9 Å². The lowest BCUT2D eigenvalue weighted by Gasteiger charge is -2.06. The first-order chi connectivity index (χ1) is 12.8. The Balaban J connectivity index is 2.02. The van der Waals surface area contributed by atoms with Crippen LogP contribution in [0.1, 0.15) is 27.3 Å². The van der Waals surface area contributed by atoms with Crippen molar-refractivity contribution in [1.29, 1.82) is 0 Å². The number of esters is 1. The lowest BCUT2D eigenvalue weighted by molar-refractivity contribution is -0.385. The van der Waals surface area contributed by atoms with E-state index in [1.807, 2.05) is 18.4 Å². The smallest absolute Gasteiger partial charge is 0.331 e. The molecule has 1 aromatic heterocycles. The van der Waals surface area contributed by atoms with Crippen molar-refractivity contribution in [3.63, 3.8) is 0 Å². The zero-order chi connectivity index (χ0) is 20.0. The molecule has 0 unspecified atom stereocenters. The predicted octanol–water partition coefficient (Wildman–Crippen LogP) is 3.64. The largest absolute Gasteiger partial charge is 0.454 e. The lowest BCUT2D eigenvalue weighted by Crippen LogP contribution is -2.13. The van der Waals surface area contributed by atoms with Crippen molar-refractivity contribution >= 4 is 23.5 Å². The molecule has 0 N–H and O–H groups in total. The Labute approximate surface area is 156 Å². The maximum Gasteiger partial charge on any atom is 0.331 e. The van der Waals surface area contributed by atoms with E-state index in [-0.39, 0.29) is 17.0 Å². The fourth-order valence-corrected chi connectivity index (χ4v) is 2.71. The number of hydrogen-bond donors (Lipinski definition) is 0. The first-order valence-corrected chi connectivity index (χ1v) is 8.24. The fraction of sp³-hybridized carbons (Fsp3) is 0.200. The average Bonchev–Trinajstić information content (AvgIpc) is 2.93. The van der Waals surface area contributed by atoms with E-state index in [2.05, 4.69) is 6.58 Å². The molecule has 7 heteroatoms. The number of carbonyl (C=O) groups is 2. The molecule has 0 aliphatic carbocycles. The number of carbonyl (C=O) groups excluding carboxylic acids is 2. The highest BCUT2D eigenvalue weighted by Crippen LogP contribution is 2.19. The van der Waals surface area contributed by atoms with E-state index in [1.54, 1.807) is 18.2 Å². The Morgan fingerprint density at radius 3 is 2.67 bits per heavy atom. The number of aryl methyl sites for hydroxylation is 1. The molecule has 2 aromatic rings. The van der Waals surface area contributed by atoms with Gasteiger partial charge in [-0.05, 0) is 32.1 Å². The summed E-state index contributed by atoms with van der Waals surface area (Å²) in [5.74, 6) is -1.06. The van der Waals surface area contributed by atoms with Gasteiger partial charge in [-0.25, -0.2) is 4.79 Å². The van der Waals surface area contributed by atoms with Crippen molar-refractivity contribution in [3.8, 4) is 0 Å². The van der Waals surface area contributed by atoms with Crippen LogP contribution in [-0.2, 0) is 16.1 Å². The van der Waals surface area contributed by atoms with Crippen molar-refractivity contribution in [2.75, 3.05) is 6.61 Å². The third-order valence-corrected chi connectivity index (χ3v) is 4.06. The van der Waals surface area contributed by atoms with Gasteiger partial charge >= 0.3 is 5.97 Å². The number of hydrogen-bond acceptors (Lipinski definition) is 5. The quantitative estimate of drug-likeness (QED) is 0.177. The van der Waals surface area contributed by atoms with E-state index in [4.69, 9.17) is 4.74 Å². The van der Waals surface area contributed by atoms with Crippen LogP contribution in [0.4, 0.5) is 5.69 Å². The third kappa shape index (κ3) is 4.78. The molecule has 0 fully saturated rings. The molecular formula is C20H20N2O5. The number of nitro benzene ring substituents is 1. The third-order valence-electron chi connectivity index (χ3n) is 4.06. The first kappa shape index (κ1) is 19.8. The summed E-state index contributed by atoms with van der Waals surface area (Å²) < 4.78 is 6.91. The normalized spacial score (nSPS) is 10.7. The van der Waals surface area contributed by atoms with Crippen LogP contribution in [-0.4, -0.2) is 27.8 Å². The molecule has 0 spiro atoms. The number of ketones is 1. The minimum Gasteiger partial charge on any atom is -0.454 e. The van der Waals surface area contributed by atoms with Crippen molar-refractivity contribution < 1.29 is 19.2 Å². The Morgan fingerprint density at radius 2 is 2.00 bits per heavy atom. The molecule has 0 aliphatic rings. The summed E-state index contributed by atoms with van der Waals surface area (Å²) in [5, 5.41) is 10.9. The van der Waals surface area contributed by atoms with Crippen LogP contribution in [0.25, 0.3) is 6.08 Å². The number of nitro groups is 1. The van der Waals surface area contributed by atoms with Gasteiger partial charge in [-0.15, -0.1) is 6.58 Å². The number of aromatic nitrogens is 1. The Morgan fingerprint density at radius 1 is 1.30 bits per heavy atom. The topological polar surface area (TPSA) is 91.4 Å². The number of Topliss-reactive ketones (excluding diaryl/α,β-unsaturated/α-hetero) is 1. The van der Waals surface area contributed by atoms with Gasteiger partial charge in [0.15, 0.2) is 6.61 Å². The van der Waals surface area contributed by atoms with Gasteiger partial charge in [0.2, 0.25) is 5.78 Å². The number of rotatable bonds is 8. The molecule has 0 aliphatic heterocycles. The van der Waals surface area contributed by atoms with Gasteiger partial charge < -0.3 is 9.30 Å². The van der Waals surface area contributed by atoms with Gasteiger partial charge in [0.05, 0.1) is 10.5 Å². The Bertz CT molecular complexity index is 924. The molecular weight excluding hydrogens is 348 g/mol. The number of ether oxygens (including phenoxy) is 1. The zero-order valence-electron chi connectivity index (χ0n) is 15.2. The van der Waals surface area contributed by atoms with Gasteiger partial charge in [0.1, 0.15) is 0 Å². The average molecular weight is 368 g/mol. The van der Waals surface area contributed by atoms with Gasteiger partial charge in [0, 0.05) is 35.6 Å². The molecule has 0 atom stereocenters. The van der Waals surface area contributed by atoms with Crippen LogP contribution in [0.3, 0.4) is 0 Å². The summed E-state index contributed by atoms with van der Waals surface area (Å²) >= 11 is 0. The number of nitrogens with zero attached hydrogens (tertiary/aromatic N) is 2. The molecule has 2 rings (SSSR count). The summed E-state index contributed by atoms with van der Waals surface area (Å²) in [6.07, 6.45) is 4.10. The van der Waals surface area contributed by atoms with E-state index < -0.39 is 17.5 Å². The molecule has 1 aromatic carbocycles. The van der Waals surface area contributed by atoms with Gasteiger partial charge in [0.25, 0.3) is 5.69 Å². The monoisotopic (exact) mass is 368 g/mol. The molecule has 140 valence electrons. The highest BCUT2D eigenvalue weighted by atomic mass is 16.6. The number of benzene rings is 1. The van der Waals surface area contributed by atoms with Crippen LogP contribution < -0.4 is 0 Å². The highest BCUT2D eigenvalue weighted by Gasteiger charge is 2.16. The van der Waals surface area contributed by atoms with Crippen LogP contribution in [0.15, 0.2) is 49.1 Å². The second kappa shape index (κ2) is 8.75. The molecule has 1 heterocycles. The van der Waals surface area contributed by atoms with Crippen LogP contribution in [0.2, 0.25) is 0 Å². The first-order valence-electron chi connectivity index (χ1n) is 8.24. The fourth-order valence-electron chi connectivity index (χ4n) is 2.71. The molecule has 0 amide bonds. The standard InChI is InChI=1S/C20H20N2O5/c1-4-11-21-14(2)12-17(15(21)3)19(23)13-27-20(24)10-9-16-7-5-6-8-18(16)22(25)26/h4-10,12H,1,11,13H2,2-3H3/b10-9+. The maximum atomic E-state index is 12.3. The second-order valence-electron chi connectivity index (χ2n) is 5.86. The van der Waals surface area contributed by atoms with E-state index in [0.717, 1.165) is 17.5 Å². The summed E-state index contributed by atoms with van der Waals surface area (Å²) in [4.78, 5) is 34.6. The van der Waals surface area contributed by atoms with Crippen molar-refractivity contribution in [2.24, 2.45) is 0 Å². The molecule has 7 nitrogen and oxygen atoms in total. The molecule has 0 radical (unpaired) electrons. The zero-order valence-corrected chi connectivity index (χ0v) is 15.2. The van der Waals surface area contributed by atoms with E-state index >= 15 is 0 Å². The minimum atomic E-state index is -0.749. The van der Waals surface area contributed by atoms with E-state index in [1.165, 1.54) is 24.3 Å². The SMILES string of the molecule is C=CCn1c(C)cc(C(=O)COC(=O)/C=C/c2ccccc2[N+](=O)[O-])c1C. The van der Waals surface area contributed by atoms with Gasteiger partial charge in [-0.2, -0.15) is 0 Å². The molecule has 0 saturated carbocycles. The van der Waals surface area contributed by atoms with E-state index in [9.17, 15) is 19.7 Å². The Hall–Kier alpha value is -3.48. The second-order valence-corrected chi connectivity index (χ2v) is 5.86. The van der Waals surface area contributed by atoms with Crippen LogP contribution in [0.5, 0.6) is 0 Å². The molecule has 0 saturated heterocycles. The van der Waals surface area contributed by atoms with Crippen molar-refractivity contribution in [2.45, 2.75) is 20.4 Å². The summed E-state index contributed by atoms with van der Waals surface area (Å²) in [5.41, 5.74) is 2.35. The van der Waals surface area contributed by atoms with Gasteiger partial charge in [-0.1, -0.05) is 18.2 Å². The van der Waals surface area contributed by atoms with Crippen molar-refractivity contribution in [1.82, 2.24) is 4.57 Å². The number of allylic oxidation sites excluding steroid dienone is 1. The molecule has 0 bridgehead atoms. The van der Waals surface area contributed by atoms with Crippen molar-refractivity contribution in [3.05, 3.63) is 81.7 Å². The summed E-state index contributed by atoms with van der Waals surface area (Å²) in [7, 11) is 0. The lowest BCUT2D eigenvalue weighted by atomic mass is 10.1.